The number of hydrogen-bond donors (Lipinski definition) is 2. The maximum atomic E-state index is 9.45. The SMILES string of the molecule is CCCCN(Cc1ccc(OC)c(B(O)O)c1)C(C)CC. The largest absolute Gasteiger partial charge is 0.497 e. The zero-order valence-electron chi connectivity index (χ0n) is 13.7. The summed E-state index contributed by atoms with van der Waals surface area (Å²) in [5, 5.41) is 18.9. The maximum absolute atomic E-state index is 9.45. The average Bonchev–Trinajstić information content (AvgIpc) is 2.50. The van der Waals surface area contributed by atoms with Crippen LogP contribution in [0, 0.1) is 0 Å². The Labute approximate surface area is 128 Å². The van der Waals surface area contributed by atoms with E-state index in [0.29, 0.717) is 17.3 Å². The van der Waals surface area contributed by atoms with Crippen LogP contribution in [0.15, 0.2) is 18.2 Å². The molecule has 2 N–H and O–H groups in total. The van der Waals surface area contributed by atoms with Crippen molar-refractivity contribution >= 4 is 12.6 Å². The van der Waals surface area contributed by atoms with E-state index in [1.54, 1.807) is 6.07 Å². The van der Waals surface area contributed by atoms with Crippen molar-refractivity contribution < 1.29 is 14.8 Å². The van der Waals surface area contributed by atoms with Crippen LogP contribution in [0.25, 0.3) is 0 Å². The molecule has 1 aromatic rings. The van der Waals surface area contributed by atoms with Crippen LogP contribution in [0.3, 0.4) is 0 Å². The molecular weight excluding hydrogens is 265 g/mol. The topological polar surface area (TPSA) is 52.9 Å². The van der Waals surface area contributed by atoms with E-state index in [0.717, 1.165) is 25.1 Å². The zero-order valence-corrected chi connectivity index (χ0v) is 13.7. The molecule has 0 fully saturated rings. The normalized spacial score (nSPS) is 12.5. The molecule has 0 amide bonds. The Morgan fingerprint density at radius 3 is 2.52 bits per heavy atom. The first-order valence-electron chi connectivity index (χ1n) is 7.80. The quantitative estimate of drug-likeness (QED) is 0.681. The van der Waals surface area contributed by atoms with Gasteiger partial charge < -0.3 is 14.8 Å². The first-order chi connectivity index (χ1) is 10.0. The fourth-order valence-electron chi connectivity index (χ4n) is 2.39. The van der Waals surface area contributed by atoms with Crippen LogP contribution in [0.5, 0.6) is 5.75 Å². The fourth-order valence-corrected chi connectivity index (χ4v) is 2.39. The smallest absolute Gasteiger partial charge is 0.492 e. The molecular formula is C16H28BNO3. The van der Waals surface area contributed by atoms with Crippen molar-refractivity contribution in [1.82, 2.24) is 4.90 Å². The van der Waals surface area contributed by atoms with Crippen LogP contribution < -0.4 is 10.2 Å². The van der Waals surface area contributed by atoms with E-state index < -0.39 is 7.12 Å². The van der Waals surface area contributed by atoms with Gasteiger partial charge in [-0.15, -0.1) is 0 Å². The van der Waals surface area contributed by atoms with Crippen LogP contribution >= 0.6 is 0 Å². The van der Waals surface area contributed by atoms with Gasteiger partial charge in [0.25, 0.3) is 0 Å². The van der Waals surface area contributed by atoms with E-state index in [-0.39, 0.29) is 0 Å². The molecule has 21 heavy (non-hydrogen) atoms. The maximum Gasteiger partial charge on any atom is 0.492 e. The minimum absolute atomic E-state index is 0.426. The minimum Gasteiger partial charge on any atom is -0.497 e. The summed E-state index contributed by atoms with van der Waals surface area (Å²) in [4.78, 5) is 2.44. The molecule has 0 aliphatic rings. The molecule has 1 aromatic carbocycles. The Kier molecular flexibility index (Phi) is 7.79. The van der Waals surface area contributed by atoms with Crippen molar-refractivity contribution in [3.8, 4) is 5.75 Å². The standard InChI is InChI=1S/C16H28BNO3/c1-5-7-10-18(13(3)6-2)12-14-8-9-16(21-4)15(11-14)17(19)20/h8-9,11,13,19-20H,5-7,10,12H2,1-4H3. The van der Waals surface area contributed by atoms with Gasteiger partial charge in [-0.1, -0.05) is 32.4 Å². The molecule has 0 bridgehead atoms. The van der Waals surface area contributed by atoms with Gasteiger partial charge in [0, 0.05) is 18.0 Å². The highest BCUT2D eigenvalue weighted by Crippen LogP contribution is 2.15. The van der Waals surface area contributed by atoms with Gasteiger partial charge in [-0.3, -0.25) is 4.90 Å². The molecule has 1 unspecified atom stereocenters. The van der Waals surface area contributed by atoms with Crippen molar-refractivity contribution in [3.63, 3.8) is 0 Å². The third-order valence-electron chi connectivity index (χ3n) is 3.97. The van der Waals surface area contributed by atoms with Gasteiger partial charge in [-0.2, -0.15) is 0 Å². The van der Waals surface area contributed by atoms with Gasteiger partial charge in [0.1, 0.15) is 5.75 Å². The summed E-state index contributed by atoms with van der Waals surface area (Å²) < 4.78 is 5.17. The number of unbranched alkanes of at least 4 members (excludes halogenated alkanes) is 1. The van der Waals surface area contributed by atoms with E-state index in [1.807, 2.05) is 12.1 Å². The number of benzene rings is 1. The van der Waals surface area contributed by atoms with E-state index in [2.05, 4.69) is 25.7 Å². The zero-order chi connectivity index (χ0) is 15.8. The van der Waals surface area contributed by atoms with Crippen molar-refractivity contribution in [2.75, 3.05) is 13.7 Å². The molecule has 5 heteroatoms. The lowest BCUT2D eigenvalue weighted by Crippen LogP contribution is -2.35. The predicted octanol–water partition coefficient (Wildman–Crippen LogP) is 1.78. The Hall–Kier alpha value is -1.04. The van der Waals surface area contributed by atoms with Gasteiger partial charge in [-0.05, 0) is 37.9 Å². The molecule has 4 nitrogen and oxygen atoms in total. The summed E-state index contributed by atoms with van der Waals surface area (Å²) in [5.74, 6) is 0.511. The highest BCUT2D eigenvalue weighted by atomic mass is 16.5. The first kappa shape index (κ1) is 18.0. The molecule has 0 aliphatic carbocycles. The first-order valence-corrected chi connectivity index (χ1v) is 7.80. The Morgan fingerprint density at radius 1 is 1.29 bits per heavy atom. The Bertz CT molecular complexity index is 426. The fraction of sp³-hybridized carbons (Fsp3) is 0.625. The molecule has 0 saturated carbocycles. The summed E-state index contributed by atoms with van der Waals surface area (Å²) in [5.41, 5.74) is 1.50. The van der Waals surface area contributed by atoms with Crippen molar-refractivity contribution in [1.29, 1.82) is 0 Å². The molecule has 0 heterocycles. The van der Waals surface area contributed by atoms with Gasteiger partial charge >= 0.3 is 7.12 Å². The van der Waals surface area contributed by atoms with E-state index in [1.165, 1.54) is 20.0 Å². The summed E-state index contributed by atoms with van der Waals surface area (Å²) in [7, 11) is 0.0285. The van der Waals surface area contributed by atoms with Gasteiger partial charge in [0.15, 0.2) is 0 Å². The summed E-state index contributed by atoms with van der Waals surface area (Å²) in [6.45, 7) is 8.51. The molecule has 1 rings (SSSR count). The van der Waals surface area contributed by atoms with Crippen molar-refractivity contribution in [2.24, 2.45) is 0 Å². The predicted molar refractivity (Wildman–Crippen MR) is 87.9 cm³/mol. The van der Waals surface area contributed by atoms with Crippen LogP contribution in [0.2, 0.25) is 0 Å². The molecule has 0 radical (unpaired) electrons. The summed E-state index contributed by atoms with van der Waals surface area (Å²) in [6.07, 6.45) is 3.46. The van der Waals surface area contributed by atoms with Crippen LogP contribution in [0.1, 0.15) is 45.6 Å². The summed E-state index contributed by atoms with van der Waals surface area (Å²) in [6, 6.07) is 6.14. The highest BCUT2D eigenvalue weighted by molar-refractivity contribution is 6.59. The van der Waals surface area contributed by atoms with E-state index in [4.69, 9.17) is 4.74 Å². The molecule has 118 valence electrons. The highest BCUT2D eigenvalue weighted by Gasteiger charge is 2.19. The minimum atomic E-state index is -1.51. The molecule has 0 aliphatic heterocycles. The molecule has 1 atom stereocenters. The average molecular weight is 293 g/mol. The van der Waals surface area contributed by atoms with E-state index >= 15 is 0 Å². The molecule has 0 saturated heterocycles. The Balaban J connectivity index is 2.90. The monoisotopic (exact) mass is 293 g/mol. The third-order valence-corrected chi connectivity index (χ3v) is 3.97. The van der Waals surface area contributed by atoms with Crippen LogP contribution in [-0.4, -0.2) is 41.8 Å². The van der Waals surface area contributed by atoms with Gasteiger partial charge in [0.05, 0.1) is 7.11 Å². The lowest BCUT2D eigenvalue weighted by Gasteiger charge is -2.28. The van der Waals surface area contributed by atoms with Crippen molar-refractivity contribution in [3.05, 3.63) is 23.8 Å². The lowest BCUT2D eigenvalue weighted by molar-refractivity contribution is 0.192. The van der Waals surface area contributed by atoms with Crippen LogP contribution in [0.4, 0.5) is 0 Å². The van der Waals surface area contributed by atoms with Crippen molar-refractivity contribution in [2.45, 2.75) is 52.6 Å². The molecule has 0 aromatic heterocycles. The number of nitrogens with zero attached hydrogens (tertiary/aromatic N) is 1. The van der Waals surface area contributed by atoms with E-state index in [9.17, 15) is 10.0 Å². The lowest BCUT2D eigenvalue weighted by atomic mass is 9.78. The number of methoxy groups -OCH3 is 1. The second-order valence-corrected chi connectivity index (χ2v) is 5.53. The Morgan fingerprint density at radius 2 is 2.00 bits per heavy atom. The second kappa shape index (κ2) is 9.08. The number of hydrogen-bond acceptors (Lipinski definition) is 4. The second-order valence-electron chi connectivity index (χ2n) is 5.53. The summed E-state index contributed by atoms with van der Waals surface area (Å²) >= 11 is 0. The van der Waals surface area contributed by atoms with Crippen LogP contribution in [-0.2, 0) is 6.54 Å². The third kappa shape index (κ3) is 5.34. The van der Waals surface area contributed by atoms with Gasteiger partial charge in [-0.25, -0.2) is 0 Å². The number of ether oxygens (including phenoxy) is 1. The van der Waals surface area contributed by atoms with Gasteiger partial charge in [0.2, 0.25) is 0 Å². The molecule has 0 spiro atoms. The number of rotatable bonds is 9.